The van der Waals surface area contributed by atoms with E-state index >= 15 is 0 Å². The zero-order valence-corrected chi connectivity index (χ0v) is 8.79. The minimum absolute atomic E-state index is 0.375. The standard InChI is InChI=1S/C4H9O.C3H4O2.Ca/c1-2-3-4-5;1-2-3(4)5;/h5H,1-4H2;2H,1H2,(H,4,5);/q;;+1/p-1. The van der Waals surface area contributed by atoms with E-state index in [0.29, 0.717) is 6.61 Å². The van der Waals surface area contributed by atoms with Gasteiger partial charge in [0.05, 0.1) is 5.97 Å². The van der Waals surface area contributed by atoms with Gasteiger partial charge in [-0.25, -0.2) is 0 Å². The molecule has 0 unspecified atom stereocenters. The molecular formula is C7H12CaO3. The van der Waals surface area contributed by atoms with Gasteiger partial charge in [-0.2, -0.15) is 0 Å². The summed E-state index contributed by atoms with van der Waals surface area (Å²) in [5.74, 6) is -1.23. The van der Waals surface area contributed by atoms with Crippen LogP contribution in [0.1, 0.15) is 12.8 Å². The summed E-state index contributed by atoms with van der Waals surface area (Å²) in [5, 5.41) is 17.4. The number of hydrogen-bond donors (Lipinski definition) is 1. The van der Waals surface area contributed by atoms with Crippen molar-refractivity contribution in [2.24, 2.45) is 0 Å². The molecule has 0 aliphatic heterocycles. The Morgan fingerprint density at radius 1 is 1.64 bits per heavy atom. The molecule has 0 aliphatic carbocycles. The van der Waals surface area contributed by atoms with Gasteiger partial charge < -0.3 is 9.90 Å². The van der Waals surface area contributed by atoms with Crippen LogP contribution in [0.2, 0.25) is 2.52 Å². The molecule has 3 nitrogen and oxygen atoms in total. The van der Waals surface area contributed by atoms with Crippen molar-refractivity contribution < 1.29 is 15.0 Å². The predicted molar refractivity (Wildman–Crippen MR) is 42.1 cm³/mol. The summed E-state index contributed by atoms with van der Waals surface area (Å²) in [7, 11) is 0. The Morgan fingerprint density at radius 3 is 2.18 bits per heavy atom. The number of hydrogen-bond acceptors (Lipinski definition) is 3. The van der Waals surface area contributed by atoms with Crippen molar-refractivity contribution in [1.29, 1.82) is 0 Å². The van der Waals surface area contributed by atoms with E-state index in [9.17, 15) is 0 Å². The van der Waals surface area contributed by atoms with E-state index in [1.807, 2.05) is 0 Å². The fourth-order valence-electron chi connectivity index (χ4n) is 0.289. The molecule has 1 N–H and O–H groups in total. The zero-order chi connectivity index (χ0) is 9.11. The van der Waals surface area contributed by atoms with E-state index in [0.717, 1.165) is 12.5 Å². The summed E-state index contributed by atoms with van der Waals surface area (Å²) >= 11 is 1.38. The third kappa shape index (κ3) is 25.1. The molecule has 60 valence electrons. The Morgan fingerprint density at radius 2 is 2.09 bits per heavy atom. The summed E-state index contributed by atoms with van der Waals surface area (Å²) < 4.78 is 1.32. The second-order valence-corrected chi connectivity index (χ2v) is 2.91. The number of aliphatic hydroxyl groups is 1. The molecule has 0 radical (unpaired) electrons. The first kappa shape index (κ1) is 14.0. The van der Waals surface area contributed by atoms with Crippen molar-refractivity contribution in [2.75, 3.05) is 6.61 Å². The molecule has 0 saturated carbocycles. The molecule has 0 rings (SSSR count). The summed E-state index contributed by atoms with van der Waals surface area (Å²) in [6.07, 6.45) is 2.94. The van der Waals surface area contributed by atoms with E-state index in [1.54, 1.807) is 0 Å². The van der Waals surface area contributed by atoms with Crippen LogP contribution < -0.4 is 5.11 Å². The normalized spacial score (nSPS) is 7.91. The number of carbonyl (C=O) groups excluding carboxylic acids is 1. The number of carboxylic acid groups (broad SMARTS) is 1. The molecule has 0 saturated heterocycles. The van der Waals surface area contributed by atoms with Crippen LogP contribution in [0.25, 0.3) is 0 Å². The van der Waals surface area contributed by atoms with E-state index in [2.05, 4.69) is 6.58 Å². The molecule has 0 fully saturated rings. The molecular weight excluding hydrogens is 172 g/mol. The molecule has 0 aliphatic rings. The van der Waals surface area contributed by atoms with Crippen LogP contribution in [-0.4, -0.2) is 53.5 Å². The molecule has 0 heterocycles. The average Bonchev–Trinajstić information content (AvgIpc) is 2.02. The number of aliphatic carboxylic acids is 1. The van der Waals surface area contributed by atoms with Crippen molar-refractivity contribution >= 4 is 41.8 Å². The van der Waals surface area contributed by atoms with Crippen LogP contribution in [0.15, 0.2) is 12.7 Å². The van der Waals surface area contributed by atoms with Crippen molar-refractivity contribution in [3.63, 3.8) is 0 Å². The molecule has 0 aromatic rings. The van der Waals surface area contributed by atoms with Gasteiger partial charge in [-0.05, 0) is 6.08 Å². The van der Waals surface area contributed by atoms with Gasteiger partial charge in [0.25, 0.3) is 0 Å². The SMILES string of the molecule is C=CC(=O)[O-].OCCC[CH2][Ca+]. The molecule has 0 atom stereocenters. The topological polar surface area (TPSA) is 60.4 Å². The summed E-state index contributed by atoms with van der Waals surface area (Å²) in [6.45, 7) is 3.27. The summed E-state index contributed by atoms with van der Waals surface area (Å²) in [4.78, 5) is 9.14. The Balaban J connectivity index is 0. The van der Waals surface area contributed by atoms with Crippen LogP contribution in [-0.2, 0) is 4.79 Å². The molecule has 0 bridgehead atoms. The number of carboxylic acids is 1. The van der Waals surface area contributed by atoms with Crippen LogP contribution in [0, 0.1) is 0 Å². The second-order valence-electron chi connectivity index (χ2n) is 1.81. The van der Waals surface area contributed by atoms with Crippen LogP contribution >= 0.6 is 0 Å². The first-order chi connectivity index (χ1) is 5.18. The Bertz CT molecular complexity index is 99.9. The molecule has 0 aromatic carbocycles. The average molecular weight is 184 g/mol. The third-order valence-corrected chi connectivity index (χ3v) is 1.61. The maximum atomic E-state index is 9.14. The summed E-state index contributed by atoms with van der Waals surface area (Å²) in [6, 6.07) is 0. The third-order valence-electron chi connectivity index (χ3n) is 0.825. The van der Waals surface area contributed by atoms with Crippen molar-refractivity contribution in [3.05, 3.63) is 12.7 Å². The van der Waals surface area contributed by atoms with Crippen molar-refractivity contribution in [3.8, 4) is 0 Å². The van der Waals surface area contributed by atoms with Gasteiger partial charge in [0, 0.05) is 0 Å². The number of unbranched alkanes of at least 4 members (excludes halogenated alkanes) is 1. The quantitative estimate of drug-likeness (QED) is 0.356. The van der Waals surface area contributed by atoms with Gasteiger partial charge in [0.15, 0.2) is 0 Å². The summed E-state index contributed by atoms with van der Waals surface area (Å²) in [5.41, 5.74) is 0. The van der Waals surface area contributed by atoms with E-state index < -0.39 is 5.97 Å². The fraction of sp³-hybridized carbons (Fsp3) is 0.571. The van der Waals surface area contributed by atoms with E-state index in [4.69, 9.17) is 15.0 Å². The number of rotatable bonds is 4. The second kappa shape index (κ2) is 13.1. The van der Waals surface area contributed by atoms with Gasteiger partial charge in [-0.15, -0.1) is 0 Å². The predicted octanol–water partition coefficient (Wildman–Crippen LogP) is -0.732. The Kier molecular flexibility index (Phi) is 16.6. The Hall–Kier alpha value is 0.430. The van der Waals surface area contributed by atoms with Gasteiger partial charge in [0.2, 0.25) is 0 Å². The molecule has 11 heavy (non-hydrogen) atoms. The minimum atomic E-state index is -1.23. The molecule has 0 aromatic heterocycles. The van der Waals surface area contributed by atoms with Crippen LogP contribution in [0.4, 0.5) is 0 Å². The zero-order valence-electron chi connectivity index (χ0n) is 6.58. The molecule has 0 spiro atoms. The van der Waals surface area contributed by atoms with Gasteiger partial charge >= 0.3 is 62.9 Å². The Labute approximate surface area is 90.8 Å². The first-order valence-electron chi connectivity index (χ1n) is 3.42. The number of aliphatic hydroxyl groups excluding tert-OH is 1. The molecule has 4 heteroatoms. The van der Waals surface area contributed by atoms with Crippen molar-refractivity contribution in [1.82, 2.24) is 0 Å². The van der Waals surface area contributed by atoms with Gasteiger partial charge in [-0.1, -0.05) is 6.58 Å². The van der Waals surface area contributed by atoms with Crippen molar-refractivity contribution in [2.45, 2.75) is 15.4 Å². The maximum absolute atomic E-state index is 9.14. The van der Waals surface area contributed by atoms with Crippen LogP contribution in [0.5, 0.6) is 0 Å². The van der Waals surface area contributed by atoms with E-state index in [-0.39, 0.29) is 0 Å². The number of carbonyl (C=O) groups is 1. The van der Waals surface area contributed by atoms with Gasteiger partial charge in [0.1, 0.15) is 0 Å². The molecule has 0 amide bonds. The fourth-order valence-corrected chi connectivity index (χ4v) is 0.841. The first-order valence-corrected chi connectivity index (χ1v) is 4.98. The monoisotopic (exact) mass is 184 g/mol. The van der Waals surface area contributed by atoms with Gasteiger partial charge in [-0.3, -0.25) is 0 Å². The van der Waals surface area contributed by atoms with Crippen LogP contribution in [0.3, 0.4) is 0 Å². The van der Waals surface area contributed by atoms with E-state index in [1.165, 1.54) is 44.7 Å².